The molecule has 1 saturated heterocycles. The number of carbonyl (C=O) groups excluding carboxylic acids is 1. The average Bonchev–Trinajstić information content (AvgIpc) is 2.76. The molecule has 0 bridgehead atoms. The Kier molecular flexibility index (Phi) is 14.1. The molecule has 0 spiro atoms. The molecule has 0 aromatic heterocycles. The first-order valence-corrected chi connectivity index (χ1v) is 11.4. The number of amides is 1. The second kappa shape index (κ2) is 17.1. The number of ether oxygens (including phenoxy) is 4. The number of anilines is 1. The third-order valence-corrected chi connectivity index (χ3v) is 4.96. The smallest absolute Gasteiger partial charge is 0.224 e. The van der Waals surface area contributed by atoms with Crippen LogP contribution in [-0.2, 0) is 23.7 Å². The number of rotatable bonds is 5. The Morgan fingerprint density at radius 2 is 1.58 bits per heavy atom. The normalized spacial score (nSPS) is 21.0. The monoisotopic (exact) mass is 437 g/mol. The summed E-state index contributed by atoms with van der Waals surface area (Å²) in [6.07, 6.45) is 2.13. The quantitative estimate of drug-likeness (QED) is 0.646. The molecule has 1 aromatic rings. The van der Waals surface area contributed by atoms with Crippen LogP contribution < -0.4 is 16.0 Å². The standard InChI is InChI=1S/C23H39N3O5/c1-20-5-2-3-7-22(20)26-23(27)8-4-6-21-19-31-18-17-29-13-10-24-9-12-28-15-16-30-14-11-25-21/h2-3,5,7,21,24-25H,4,6,8-19H2,1H3,(H,26,27)/t21-/m0/s1. The predicted octanol–water partition coefficient (Wildman–Crippen LogP) is 1.73. The molecule has 8 heteroatoms. The Hall–Kier alpha value is -1.55. The molecular formula is C23H39N3O5. The molecule has 1 amide bonds. The molecule has 1 atom stereocenters. The highest BCUT2D eigenvalue weighted by atomic mass is 16.5. The minimum atomic E-state index is 0.0424. The van der Waals surface area contributed by atoms with Crippen molar-refractivity contribution in [2.45, 2.75) is 32.2 Å². The van der Waals surface area contributed by atoms with E-state index in [1.165, 1.54) is 0 Å². The van der Waals surface area contributed by atoms with E-state index in [1.54, 1.807) is 0 Å². The summed E-state index contributed by atoms with van der Waals surface area (Å²) in [5.41, 5.74) is 1.94. The third kappa shape index (κ3) is 12.8. The number of carbonyl (C=O) groups is 1. The molecule has 1 heterocycles. The van der Waals surface area contributed by atoms with Crippen LogP contribution in [-0.4, -0.2) is 84.4 Å². The Bertz CT molecular complexity index is 584. The second-order valence-electron chi connectivity index (χ2n) is 7.57. The van der Waals surface area contributed by atoms with Gasteiger partial charge < -0.3 is 34.9 Å². The fourth-order valence-electron chi connectivity index (χ4n) is 3.20. The molecule has 0 saturated carbocycles. The van der Waals surface area contributed by atoms with Crippen LogP contribution >= 0.6 is 0 Å². The van der Waals surface area contributed by atoms with Crippen LogP contribution in [0.1, 0.15) is 24.8 Å². The van der Waals surface area contributed by atoms with Gasteiger partial charge in [0.1, 0.15) is 0 Å². The van der Waals surface area contributed by atoms with Crippen LogP contribution in [0.3, 0.4) is 0 Å². The minimum Gasteiger partial charge on any atom is -0.378 e. The van der Waals surface area contributed by atoms with Gasteiger partial charge in [-0.1, -0.05) is 18.2 Å². The maximum atomic E-state index is 12.3. The van der Waals surface area contributed by atoms with Gasteiger partial charge in [0, 0.05) is 37.8 Å². The molecule has 1 aliphatic rings. The fraction of sp³-hybridized carbons (Fsp3) is 0.696. The molecular weight excluding hydrogens is 398 g/mol. The van der Waals surface area contributed by atoms with E-state index in [4.69, 9.17) is 18.9 Å². The molecule has 0 unspecified atom stereocenters. The van der Waals surface area contributed by atoms with E-state index in [1.807, 2.05) is 31.2 Å². The first-order valence-electron chi connectivity index (χ1n) is 11.4. The van der Waals surface area contributed by atoms with E-state index >= 15 is 0 Å². The minimum absolute atomic E-state index is 0.0424. The molecule has 1 fully saturated rings. The highest BCUT2D eigenvalue weighted by Gasteiger charge is 2.11. The summed E-state index contributed by atoms with van der Waals surface area (Å²) < 4.78 is 22.5. The fourth-order valence-corrected chi connectivity index (χ4v) is 3.20. The SMILES string of the molecule is Cc1ccccc1NC(=O)CCC[C@H]1COCCOCCNCCOCCOCCN1. The summed E-state index contributed by atoms with van der Waals surface area (Å²) in [6, 6.07) is 7.99. The van der Waals surface area contributed by atoms with Gasteiger partial charge >= 0.3 is 0 Å². The van der Waals surface area contributed by atoms with Gasteiger partial charge in [-0.15, -0.1) is 0 Å². The third-order valence-electron chi connectivity index (χ3n) is 4.96. The van der Waals surface area contributed by atoms with Gasteiger partial charge in [-0.05, 0) is 31.4 Å². The Morgan fingerprint density at radius 3 is 2.29 bits per heavy atom. The lowest BCUT2D eigenvalue weighted by molar-refractivity contribution is -0.116. The van der Waals surface area contributed by atoms with E-state index in [0.29, 0.717) is 59.3 Å². The molecule has 3 N–H and O–H groups in total. The predicted molar refractivity (Wildman–Crippen MR) is 122 cm³/mol. The summed E-state index contributed by atoms with van der Waals surface area (Å²) >= 11 is 0. The van der Waals surface area contributed by atoms with Crippen molar-refractivity contribution in [2.75, 3.05) is 77.8 Å². The molecule has 1 aromatic carbocycles. The van der Waals surface area contributed by atoms with Crippen LogP contribution in [0.25, 0.3) is 0 Å². The number of aryl methyl sites for hydroxylation is 1. The van der Waals surface area contributed by atoms with Crippen molar-refractivity contribution in [1.29, 1.82) is 0 Å². The lowest BCUT2D eigenvalue weighted by Gasteiger charge is -2.19. The number of hydrogen-bond donors (Lipinski definition) is 3. The molecule has 1 aliphatic heterocycles. The summed E-state index contributed by atoms with van der Waals surface area (Å²) in [7, 11) is 0. The lowest BCUT2D eigenvalue weighted by atomic mass is 10.1. The maximum Gasteiger partial charge on any atom is 0.224 e. The topological polar surface area (TPSA) is 90.1 Å². The Morgan fingerprint density at radius 1 is 0.935 bits per heavy atom. The first-order chi connectivity index (χ1) is 15.3. The molecule has 8 nitrogen and oxygen atoms in total. The molecule has 0 aliphatic carbocycles. The van der Waals surface area contributed by atoms with Gasteiger partial charge in [0.2, 0.25) is 5.91 Å². The van der Waals surface area contributed by atoms with Gasteiger partial charge in [-0.25, -0.2) is 0 Å². The zero-order valence-corrected chi connectivity index (χ0v) is 18.8. The van der Waals surface area contributed by atoms with E-state index in [2.05, 4.69) is 16.0 Å². The van der Waals surface area contributed by atoms with Crippen molar-refractivity contribution >= 4 is 11.6 Å². The highest BCUT2D eigenvalue weighted by Crippen LogP contribution is 2.14. The van der Waals surface area contributed by atoms with Crippen LogP contribution in [0.2, 0.25) is 0 Å². The van der Waals surface area contributed by atoms with E-state index in [0.717, 1.165) is 43.7 Å². The summed E-state index contributed by atoms with van der Waals surface area (Å²) in [5.74, 6) is 0.0424. The number of nitrogens with one attached hydrogen (secondary N) is 3. The first kappa shape index (κ1) is 25.7. The van der Waals surface area contributed by atoms with Crippen molar-refractivity contribution < 1.29 is 23.7 Å². The number of benzene rings is 1. The highest BCUT2D eigenvalue weighted by molar-refractivity contribution is 5.91. The van der Waals surface area contributed by atoms with Crippen molar-refractivity contribution in [1.82, 2.24) is 10.6 Å². The van der Waals surface area contributed by atoms with Crippen molar-refractivity contribution in [3.8, 4) is 0 Å². The zero-order valence-electron chi connectivity index (χ0n) is 18.8. The number of hydrogen-bond acceptors (Lipinski definition) is 7. The Balaban J connectivity index is 1.68. The van der Waals surface area contributed by atoms with Crippen molar-refractivity contribution in [3.63, 3.8) is 0 Å². The summed E-state index contributed by atoms with van der Waals surface area (Å²) in [4.78, 5) is 12.3. The van der Waals surface area contributed by atoms with E-state index in [-0.39, 0.29) is 11.9 Å². The average molecular weight is 438 g/mol. The van der Waals surface area contributed by atoms with Crippen LogP contribution in [0.15, 0.2) is 24.3 Å². The van der Waals surface area contributed by atoms with Gasteiger partial charge in [0.25, 0.3) is 0 Å². The van der Waals surface area contributed by atoms with Gasteiger partial charge in [-0.2, -0.15) is 0 Å². The lowest BCUT2D eigenvalue weighted by Crippen LogP contribution is -2.36. The Labute approximate surface area is 186 Å². The van der Waals surface area contributed by atoms with Crippen molar-refractivity contribution in [2.24, 2.45) is 0 Å². The van der Waals surface area contributed by atoms with E-state index in [9.17, 15) is 4.79 Å². The van der Waals surface area contributed by atoms with Crippen LogP contribution in [0.4, 0.5) is 5.69 Å². The van der Waals surface area contributed by atoms with Crippen molar-refractivity contribution in [3.05, 3.63) is 29.8 Å². The van der Waals surface area contributed by atoms with Crippen LogP contribution in [0, 0.1) is 6.92 Å². The van der Waals surface area contributed by atoms with Gasteiger partial charge in [-0.3, -0.25) is 4.79 Å². The zero-order chi connectivity index (χ0) is 22.0. The maximum absolute atomic E-state index is 12.3. The van der Waals surface area contributed by atoms with E-state index < -0.39 is 0 Å². The molecule has 0 radical (unpaired) electrons. The largest absolute Gasteiger partial charge is 0.378 e. The van der Waals surface area contributed by atoms with Crippen LogP contribution in [0.5, 0.6) is 0 Å². The number of para-hydroxylation sites is 1. The molecule has 176 valence electrons. The molecule has 31 heavy (non-hydrogen) atoms. The second-order valence-corrected chi connectivity index (χ2v) is 7.57. The van der Waals surface area contributed by atoms with Gasteiger partial charge in [0.15, 0.2) is 0 Å². The summed E-state index contributed by atoms with van der Waals surface area (Å²) in [6.45, 7) is 9.20. The van der Waals surface area contributed by atoms with Gasteiger partial charge in [0.05, 0.1) is 52.9 Å². The summed E-state index contributed by atoms with van der Waals surface area (Å²) in [5, 5.41) is 9.75. The molecule has 2 rings (SSSR count).